The average Bonchev–Trinajstić information content (AvgIpc) is 3.55. The molecular weight excluding hydrogens is 696 g/mol. The number of carbonyl (C=O) groups is 3. The largest absolute Gasteiger partial charge is 0.490 e. The minimum atomic E-state index is -2.12. The van der Waals surface area contributed by atoms with Gasteiger partial charge in [-0.3, -0.25) is 14.4 Å². The van der Waals surface area contributed by atoms with Crippen LogP contribution in [0.3, 0.4) is 0 Å². The first-order valence-corrected chi connectivity index (χ1v) is 18.8. The van der Waals surface area contributed by atoms with Crippen LogP contribution in [0.25, 0.3) is 5.69 Å². The molecule has 1 aromatic heterocycles. The molecule has 2 N–H and O–H groups in total. The van der Waals surface area contributed by atoms with Crippen LogP contribution in [-0.4, -0.2) is 48.1 Å². The van der Waals surface area contributed by atoms with E-state index in [1.54, 1.807) is 57.2 Å². The zero-order valence-corrected chi connectivity index (χ0v) is 33.4. The van der Waals surface area contributed by atoms with E-state index in [0.29, 0.717) is 17.1 Å². The normalized spacial score (nSPS) is 13.9. The van der Waals surface area contributed by atoms with Crippen molar-refractivity contribution in [2.75, 3.05) is 10.6 Å². The Morgan fingerprint density at radius 2 is 1.48 bits per heavy atom. The highest BCUT2D eigenvalue weighted by Crippen LogP contribution is 2.43. The van der Waals surface area contributed by atoms with Crippen LogP contribution >= 0.6 is 23.4 Å². The highest BCUT2D eigenvalue weighted by molar-refractivity contribution is 8.03. The third kappa shape index (κ3) is 9.60. The van der Waals surface area contributed by atoms with Crippen LogP contribution < -0.4 is 15.4 Å². The fourth-order valence-corrected chi connectivity index (χ4v) is 7.01. The molecule has 0 aliphatic carbocycles. The summed E-state index contributed by atoms with van der Waals surface area (Å²) in [5.41, 5.74) is 2.75. The second-order valence-electron chi connectivity index (χ2n) is 15.4. The molecule has 4 rings (SSSR count). The van der Waals surface area contributed by atoms with E-state index in [-0.39, 0.29) is 28.3 Å². The first kappa shape index (κ1) is 40.5. The van der Waals surface area contributed by atoms with Crippen molar-refractivity contribution in [1.82, 2.24) is 20.2 Å². The first-order chi connectivity index (χ1) is 24.3. The lowest BCUT2D eigenvalue weighted by molar-refractivity contribution is -0.131. The zero-order valence-electron chi connectivity index (χ0n) is 31.8. The standard InChI is InChI=1S/C40H51ClN6O4S/c1-11-38(7,8)27-21-22-32(31(24-27)39(9,10)12-2)51-26(3)23-33(48)42-28-17-16-18-29(25-28)43-35(50)40(41,34(49)37(4,5)6)52-36-44-45-46-47(36)30-19-14-13-15-20-30/h13-22,24-26H,11-12,23H2,1-10H3,(H,42,48)(H,43,50). The lowest BCUT2D eigenvalue weighted by Gasteiger charge is -2.31. The second-order valence-corrected chi connectivity index (χ2v) is 17.4. The SMILES string of the molecule is CCC(C)(C)c1ccc(OC(C)CC(=O)Nc2cccc(NC(=O)C(Cl)(Sc3nnnn3-c3ccccc3)C(=O)C(C)(C)C)c2)c(C(C)(C)CC)c1. The number of amides is 2. The Kier molecular flexibility index (Phi) is 12.6. The van der Waals surface area contributed by atoms with Crippen molar-refractivity contribution in [1.29, 1.82) is 0 Å². The molecule has 0 aliphatic rings. The molecule has 0 spiro atoms. The molecule has 2 amide bonds. The number of carbonyl (C=O) groups excluding carboxylic acids is 3. The van der Waals surface area contributed by atoms with Crippen LogP contribution in [0.5, 0.6) is 5.75 Å². The fraction of sp³-hybridized carbons (Fsp3) is 0.450. The van der Waals surface area contributed by atoms with Crippen LogP contribution in [0.1, 0.15) is 99.6 Å². The average molecular weight is 747 g/mol. The number of tetrazole rings is 1. The number of para-hydroxylation sites is 1. The van der Waals surface area contributed by atoms with E-state index in [2.05, 4.69) is 79.8 Å². The van der Waals surface area contributed by atoms with Gasteiger partial charge in [0.05, 0.1) is 12.1 Å². The number of rotatable bonds is 15. The maximum Gasteiger partial charge on any atom is 0.264 e. The molecule has 2 unspecified atom stereocenters. The summed E-state index contributed by atoms with van der Waals surface area (Å²) in [6.45, 7) is 20.2. The minimum Gasteiger partial charge on any atom is -0.490 e. The summed E-state index contributed by atoms with van der Waals surface area (Å²) in [6, 6.07) is 22.2. The van der Waals surface area contributed by atoms with Gasteiger partial charge in [-0.05, 0) is 94.7 Å². The van der Waals surface area contributed by atoms with Crippen LogP contribution in [0.4, 0.5) is 11.4 Å². The first-order valence-electron chi connectivity index (χ1n) is 17.6. The molecule has 0 radical (unpaired) electrons. The van der Waals surface area contributed by atoms with Crippen LogP contribution in [0.15, 0.2) is 78.0 Å². The van der Waals surface area contributed by atoms with Gasteiger partial charge in [0.1, 0.15) is 11.9 Å². The number of ether oxygens (including phenoxy) is 1. The molecule has 1 heterocycles. The Morgan fingerprint density at radius 3 is 2.10 bits per heavy atom. The summed E-state index contributed by atoms with van der Waals surface area (Å²) in [6.07, 6.45) is 1.63. The zero-order chi connectivity index (χ0) is 38.5. The monoisotopic (exact) mass is 746 g/mol. The maximum absolute atomic E-state index is 13.9. The van der Waals surface area contributed by atoms with Gasteiger partial charge in [0, 0.05) is 22.4 Å². The van der Waals surface area contributed by atoms with E-state index in [0.717, 1.165) is 35.9 Å². The number of hydrogen-bond acceptors (Lipinski definition) is 8. The molecule has 2 atom stereocenters. The lowest BCUT2D eigenvalue weighted by atomic mass is 9.76. The predicted octanol–water partition coefficient (Wildman–Crippen LogP) is 9.11. The topological polar surface area (TPSA) is 128 Å². The Balaban J connectivity index is 1.49. The van der Waals surface area contributed by atoms with E-state index in [9.17, 15) is 14.4 Å². The van der Waals surface area contributed by atoms with Gasteiger partial charge in [0.2, 0.25) is 15.3 Å². The number of hydrogen-bond donors (Lipinski definition) is 2. The Hall–Kier alpha value is -4.22. The summed E-state index contributed by atoms with van der Waals surface area (Å²) >= 11 is 7.73. The molecule has 52 heavy (non-hydrogen) atoms. The third-order valence-electron chi connectivity index (χ3n) is 9.40. The Bertz CT molecular complexity index is 1890. The number of thioether (sulfide) groups is 1. The van der Waals surface area contributed by atoms with E-state index >= 15 is 0 Å². The van der Waals surface area contributed by atoms with E-state index in [1.807, 2.05) is 31.2 Å². The molecule has 0 aliphatic heterocycles. The summed E-state index contributed by atoms with van der Waals surface area (Å²) in [7, 11) is 0. The number of halogens is 1. The molecule has 0 fully saturated rings. The summed E-state index contributed by atoms with van der Waals surface area (Å²) in [5.74, 6) is -0.780. The van der Waals surface area contributed by atoms with Crippen molar-refractivity contribution in [2.24, 2.45) is 5.41 Å². The maximum atomic E-state index is 13.9. The highest BCUT2D eigenvalue weighted by Gasteiger charge is 2.51. The molecule has 278 valence electrons. The molecule has 10 nitrogen and oxygen atoms in total. The van der Waals surface area contributed by atoms with Crippen molar-refractivity contribution in [2.45, 2.75) is 115 Å². The number of alkyl halides is 1. The van der Waals surface area contributed by atoms with Gasteiger partial charge in [-0.2, -0.15) is 4.68 Å². The quantitative estimate of drug-likeness (QED) is 0.0701. The number of aromatic nitrogens is 4. The predicted molar refractivity (Wildman–Crippen MR) is 210 cm³/mol. The van der Waals surface area contributed by atoms with Gasteiger partial charge in [0.25, 0.3) is 5.91 Å². The lowest BCUT2D eigenvalue weighted by Crippen LogP contribution is -2.47. The summed E-state index contributed by atoms with van der Waals surface area (Å²) in [5, 5.41) is 17.7. The Labute approximate surface area is 316 Å². The van der Waals surface area contributed by atoms with Crippen molar-refractivity contribution >= 4 is 52.3 Å². The third-order valence-corrected chi connectivity index (χ3v) is 11.1. The van der Waals surface area contributed by atoms with Gasteiger partial charge in [-0.15, -0.1) is 5.10 Å². The number of nitrogens with one attached hydrogen (secondary N) is 2. The second kappa shape index (κ2) is 16.2. The van der Waals surface area contributed by atoms with Gasteiger partial charge < -0.3 is 15.4 Å². The molecule has 12 heteroatoms. The van der Waals surface area contributed by atoms with E-state index in [1.165, 1.54) is 10.2 Å². The van der Waals surface area contributed by atoms with Crippen molar-refractivity contribution < 1.29 is 19.1 Å². The van der Waals surface area contributed by atoms with E-state index < -0.39 is 27.4 Å². The van der Waals surface area contributed by atoms with Gasteiger partial charge in [0.15, 0.2) is 5.78 Å². The van der Waals surface area contributed by atoms with Gasteiger partial charge in [-0.25, -0.2) is 0 Å². The van der Waals surface area contributed by atoms with Crippen LogP contribution in [-0.2, 0) is 25.2 Å². The Morgan fingerprint density at radius 1 is 0.846 bits per heavy atom. The molecule has 0 saturated heterocycles. The number of Topliss-reactive ketones (excluding diaryl/α,β-unsaturated/α-hetero) is 1. The number of ketones is 1. The number of anilines is 2. The molecule has 3 aromatic carbocycles. The van der Waals surface area contributed by atoms with E-state index in [4.69, 9.17) is 16.3 Å². The van der Waals surface area contributed by atoms with Crippen molar-refractivity contribution in [3.05, 3.63) is 83.9 Å². The van der Waals surface area contributed by atoms with Crippen LogP contribution in [0.2, 0.25) is 0 Å². The molecule has 4 aromatic rings. The summed E-state index contributed by atoms with van der Waals surface area (Å²) < 4.78 is 5.70. The molecule has 0 bridgehead atoms. The minimum absolute atomic E-state index is 0.0313. The highest BCUT2D eigenvalue weighted by atomic mass is 35.5. The molecular formula is C40H51ClN6O4S. The number of benzene rings is 3. The van der Waals surface area contributed by atoms with Gasteiger partial charge >= 0.3 is 0 Å². The van der Waals surface area contributed by atoms with Crippen LogP contribution in [0, 0.1) is 5.41 Å². The smallest absolute Gasteiger partial charge is 0.264 e. The van der Waals surface area contributed by atoms with Crippen molar-refractivity contribution in [3.63, 3.8) is 0 Å². The fourth-order valence-electron chi connectivity index (χ4n) is 5.37. The molecule has 0 saturated carbocycles. The van der Waals surface area contributed by atoms with Crippen molar-refractivity contribution in [3.8, 4) is 11.4 Å². The summed E-state index contributed by atoms with van der Waals surface area (Å²) in [4.78, 5) is 40.9. The van der Waals surface area contributed by atoms with Gasteiger partial charge in [-0.1, -0.05) is 110 Å². The number of nitrogens with zero attached hydrogens (tertiary/aromatic N) is 4.